The Morgan fingerprint density at radius 2 is 1.76 bits per heavy atom. The molecule has 1 heterocycles. The predicted octanol–water partition coefficient (Wildman–Crippen LogP) is 0.764. The maximum atomic E-state index is 13.4. The van der Waals surface area contributed by atoms with E-state index in [1.54, 1.807) is 18.2 Å². The van der Waals surface area contributed by atoms with E-state index in [1.807, 2.05) is 0 Å². The van der Waals surface area contributed by atoms with E-state index in [-0.39, 0.29) is 18.2 Å². The summed E-state index contributed by atoms with van der Waals surface area (Å²) >= 11 is 0. The highest BCUT2D eigenvalue weighted by atomic mass is 19.1. The van der Waals surface area contributed by atoms with Crippen molar-refractivity contribution in [1.29, 1.82) is 0 Å². The third-order valence-electron chi connectivity index (χ3n) is 3.68. The number of hydrogen-bond donors (Lipinski definition) is 2. The molecule has 21 heavy (non-hydrogen) atoms. The zero-order valence-corrected chi connectivity index (χ0v) is 12.1. The molecule has 1 aliphatic heterocycles. The standard InChI is InChI=1S/C15H22FN3O2/c16-13-3-1-2-4-14(13)17-15(21)5-6-18-7-9-19(10-8-18)11-12-20/h1-4,20H,5-12H2,(H,17,21). The number of aliphatic hydroxyl groups excluding tert-OH is 1. The molecule has 0 unspecified atom stereocenters. The van der Waals surface area contributed by atoms with E-state index in [1.165, 1.54) is 6.07 Å². The average Bonchev–Trinajstić information content (AvgIpc) is 2.49. The van der Waals surface area contributed by atoms with Crippen LogP contribution >= 0.6 is 0 Å². The lowest BCUT2D eigenvalue weighted by atomic mass is 10.2. The third kappa shape index (κ3) is 5.08. The predicted molar refractivity (Wildman–Crippen MR) is 79.6 cm³/mol. The largest absolute Gasteiger partial charge is 0.395 e. The van der Waals surface area contributed by atoms with Crippen molar-refractivity contribution in [3.8, 4) is 0 Å². The maximum Gasteiger partial charge on any atom is 0.225 e. The van der Waals surface area contributed by atoms with Gasteiger partial charge in [0, 0.05) is 45.7 Å². The van der Waals surface area contributed by atoms with Gasteiger partial charge in [0.05, 0.1) is 12.3 Å². The van der Waals surface area contributed by atoms with Crippen molar-refractivity contribution in [1.82, 2.24) is 9.80 Å². The Bertz CT molecular complexity index is 462. The minimum Gasteiger partial charge on any atom is -0.395 e. The van der Waals surface area contributed by atoms with E-state index in [2.05, 4.69) is 15.1 Å². The molecule has 1 aliphatic rings. The Labute approximate surface area is 124 Å². The van der Waals surface area contributed by atoms with Crippen molar-refractivity contribution in [3.63, 3.8) is 0 Å². The van der Waals surface area contributed by atoms with Crippen LogP contribution in [0, 0.1) is 5.82 Å². The summed E-state index contributed by atoms with van der Waals surface area (Å²) in [6, 6.07) is 6.17. The first-order valence-electron chi connectivity index (χ1n) is 7.29. The molecular weight excluding hydrogens is 273 g/mol. The number of anilines is 1. The van der Waals surface area contributed by atoms with E-state index >= 15 is 0 Å². The fourth-order valence-corrected chi connectivity index (χ4v) is 2.41. The van der Waals surface area contributed by atoms with Crippen LogP contribution < -0.4 is 5.32 Å². The third-order valence-corrected chi connectivity index (χ3v) is 3.68. The highest BCUT2D eigenvalue weighted by Gasteiger charge is 2.17. The summed E-state index contributed by atoms with van der Waals surface area (Å²) in [5, 5.41) is 11.5. The Kier molecular flexibility index (Phi) is 6.10. The molecule has 0 aromatic heterocycles. The van der Waals surface area contributed by atoms with Gasteiger partial charge in [-0.15, -0.1) is 0 Å². The first kappa shape index (κ1) is 15.9. The van der Waals surface area contributed by atoms with E-state index < -0.39 is 5.82 Å². The van der Waals surface area contributed by atoms with E-state index in [4.69, 9.17) is 5.11 Å². The molecule has 1 saturated heterocycles. The van der Waals surface area contributed by atoms with Gasteiger partial charge in [0.15, 0.2) is 0 Å². The number of nitrogens with one attached hydrogen (secondary N) is 1. The molecule has 116 valence electrons. The maximum absolute atomic E-state index is 13.4. The molecular formula is C15H22FN3O2. The minimum atomic E-state index is -0.413. The highest BCUT2D eigenvalue weighted by molar-refractivity contribution is 5.90. The van der Waals surface area contributed by atoms with Crippen LogP contribution in [0.3, 0.4) is 0 Å². The van der Waals surface area contributed by atoms with E-state index in [0.717, 1.165) is 26.2 Å². The molecule has 1 aromatic rings. The number of amides is 1. The first-order valence-corrected chi connectivity index (χ1v) is 7.29. The van der Waals surface area contributed by atoms with Gasteiger partial charge in [0.1, 0.15) is 5.82 Å². The van der Waals surface area contributed by atoms with Gasteiger partial charge in [0.2, 0.25) is 5.91 Å². The Morgan fingerprint density at radius 1 is 1.14 bits per heavy atom. The molecule has 2 rings (SSSR count). The number of hydrogen-bond acceptors (Lipinski definition) is 4. The van der Waals surface area contributed by atoms with Gasteiger partial charge in [-0.1, -0.05) is 12.1 Å². The van der Waals surface area contributed by atoms with Crippen molar-refractivity contribution in [2.45, 2.75) is 6.42 Å². The van der Waals surface area contributed by atoms with Gasteiger partial charge < -0.3 is 15.3 Å². The summed E-state index contributed by atoms with van der Waals surface area (Å²) in [7, 11) is 0. The lowest BCUT2D eigenvalue weighted by Crippen LogP contribution is -2.47. The summed E-state index contributed by atoms with van der Waals surface area (Å²) in [5.41, 5.74) is 0.232. The molecule has 2 N–H and O–H groups in total. The molecule has 0 spiro atoms. The van der Waals surface area contributed by atoms with Crippen LogP contribution in [0.1, 0.15) is 6.42 Å². The number of carbonyl (C=O) groups excluding carboxylic acids is 1. The number of benzene rings is 1. The second-order valence-electron chi connectivity index (χ2n) is 5.18. The van der Waals surface area contributed by atoms with Crippen LogP contribution in [0.4, 0.5) is 10.1 Å². The van der Waals surface area contributed by atoms with Crippen molar-refractivity contribution in [2.75, 3.05) is 51.2 Å². The molecule has 0 aliphatic carbocycles. The van der Waals surface area contributed by atoms with Crippen molar-refractivity contribution >= 4 is 11.6 Å². The number of halogens is 1. The zero-order valence-electron chi connectivity index (χ0n) is 12.1. The topological polar surface area (TPSA) is 55.8 Å². The number of nitrogens with zero attached hydrogens (tertiary/aromatic N) is 2. The fraction of sp³-hybridized carbons (Fsp3) is 0.533. The monoisotopic (exact) mass is 295 g/mol. The SMILES string of the molecule is O=C(CCN1CCN(CCO)CC1)Nc1ccccc1F. The number of carbonyl (C=O) groups is 1. The molecule has 1 amide bonds. The summed E-state index contributed by atoms with van der Waals surface area (Å²) in [6.07, 6.45) is 0.355. The molecule has 0 atom stereocenters. The van der Waals surface area contributed by atoms with Gasteiger partial charge >= 0.3 is 0 Å². The van der Waals surface area contributed by atoms with Crippen LogP contribution in [-0.4, -0.2) is 66.7 Å². The average molecular weight is 295 g/mol. The summed E-state index contributed by atoms with van der Waals surface area (Å²) < 4.78 is 13.4. The highest BCUT2D eigenvalue weighted by Crippen LogP contribution is 2.12. The normalized spacial score (nSPS) is 16.9. The summed E-state index contributed by atoms with van der Waals surface area (Å²) in [5.74, 6) is -0.582. The molecule has 5 nitrogen and oxygen atoms in total. The smallest absolute Gasteiger partial charge is 0.225 e. The Hall–Kier alpha value is -1.50. The van der Waals surface area contributed by atoms with Crippen LogP contribution in [0.25, 0.3) is 0 Å². The number of para-hydroxylation sites is 1. The number of piperazine rings is 1. The minimum absolute atomic E-state index is 0.169. The van der Waals surface area contributed by atoms with Crippen molar-refractivity contribution in [2.24, 2.45) is 0 Å². The van der Waals surface area contributed by atoms with E-state index in [0.29, 0.717) is 19.5 Å². The molecule has 0 radical (unpaired) electrons. The molecule has 0 bridgehead atoms. The Balaban J connectivity index is 1.69. The molecule has 0 saturated carbocycles. The lowest BCUT2D eigenvalue weighted by molar-refractivity contribution is -0.116. The quantitative estimate of drug-likeness (QED) is 0.814. The first-order chi connectivity index (χ1) is 10.2. The van der Waals surface area contributed by atoms with Crippen molar-refractivity contribution in [3.05, 3.63) is 30.1 Å². The summed E-state index contributed by atoms with van der Waals surface area (Å²) in [6.45, 7) is 5.19. The molecule has 1 fully saturated rings. The number of β-amino-alcohol motifs (C(OH)–C–C–N with tert-alkyl or cyclic N) is 1. The van der Waals surface area contributed by atoms with Gasteiger partial charge in [-0.25, -0.2) is 4.39 Å². The van der Waals surface area contributed by atoms with Crippen LogP contribution in [0.5, 0.6) is 0 Å². The lowest BCUT2D eigenvalue weighted by Gasteiger charge is -2.34. The second-order valence-corrected chi connectivity index (χ2v) is 5.18. The zero-order chi connectivity index (χ0) is 15.1. The van der Waals surface area contributed by atoms with Gasteiger partial charge in [0.25, 0.3) is 0 Å². The molecule has 1 aromatic carbocycles. The van der Waals surface area contributed by atoms with Crippen LogP contribution in [0.2, 0.25) is 0 Å². The van der Waals surface area contributed by atoms with Crippen LogP contribution in [-0.2, 0) is 4.79 Å². The molecule has 6 heteroatoms. The van der Waals surface area contributed by atoms with Crippen molar-refractivity contribution < 1.29 is 14.3 Å². The van der Waals surface area contributed by atoms with E-state index in [9.17, 15) is 9.18 Å². The summed E-state index contributed by atoms with van der Waals surface area (Å²) in [4.78, 5) is 16.2. The van der Waals surface area contributed by atoms with Gasteiger partial charge in [-0.2, -0.15) is 0 Å². The second kappa shape index (κ2) is 8.07. The number of aliphatic hydroxyl groups is 1. The van der Waals surface area contributed by atoms with Gasteiger partial charge in [-0.05, 0) is 12.1 Å². The fourth-order valence-electron chi connectivity index (χ4n) is 2.41. The van der Waals surface area contributed by atoms with Gasteiger partial charge in [-0.3, -0.25) is 9.69 Å². The Morgan fingerprint density at radius 3 is 2.38 bits per heavy atom. The van der Waals surface area contributed by atoms with Crippen LogP contribution in [0.15, 0.2) is 24.3 Å². The number of rotatable bonds is 6.